The maximum Gasteiger partial charge on any atom is 0.146 e. The number of aryl methyl sites for hydroxylation is 2. The van der Waals surface area contributed by atoms with Crippen molar-refractivity contribution in [3.8, 4) is 39.6 Å². The van der Waals surface area contributed by atoms with Gasteiger partial charge in [0.15, 0.2) is 0 Å². The highest BCUT2D eigenvalue weighted by atomic mass is 15.2. The first kappa shape index (κ1) is 31.0. The van der Waals surface area contributed by atoms with E-state index in [9.17, 15) is 0 Å². The Morgan fingerprint density at radius 2 is 1.26 bits per heavy atom. The van der Waals surface area contributed by atoms with Crippen molar-refractivity contribution in [1.82, 2.24) is 19.5 Å². The monoisotopic (exact) mass is 647 g/mol. The van der Waals surface area contributed by atoms with Gasteiger partial charge in [-0.3, -0.25) is 9.55 Å². The summed E-state index contributed by atoms with van der Waals surface area (Å²) in [5, 5.41) is 0. The molecule has 0 saturated heterocycles. The van der Waals surface area contributed by atoms with E-state index in [4.69, 9.17) is 15.0 Å². The van der Waals surface area contributed by atoms with Crippen LogP contribution in [0.1, 0.15) is 25.0 Å². The van der Waals surface area contributed by atoms with Crippen LogP contribution in [0, 0.1) is 0 Å². The summed E-state index contributed by atoms with van der Waals surface area (Å²) in [6, 6.07) is 53.0. The molecule has 5 nitrogen and oxygen atoms in total. The van der Waals surface area contributed by atoms with E-state index in [1.807, 2.05) is 48.8 Å². The number of fused-ring (bicyclic) bond motifs is 1. The van der Waals surface area contributed by atoms with E-state index in [-0.39, 0.29) is 0 Å². The summed E-state index contributed by atoms with van der Waals surface area (Å²) >= 11 is 0. The van der Waals surface area contributed by atoms with Crippen molar-refractivity contribution >= 4 is 28.1 Å². The summed E-state index contributed by atoms with van der Waals surface area (Å²) in [4.78, 5) is 17.2. The van der Waals surface area contributed by atoms with Crippen LogP contribution in [0.25, 0.3) is 50.6 Å². The minimum absolute atomic E-state index is 0.817. The summed E-state index contributed by atoms with van der Waals surface area (Å²) in [7, 11) is 0. The molecule has 0 aliphatic rings. The smallest absolute Gasteiger partial charge is 0.146 e. The van der Waals surface area contributed by atoms with Gasteiger partial charge in [0.2, 0.25) is 0 Å². The van der Waals surface area contributed by atoms with E-state index in [0.29, 0.717) is 0 Å². The average Bonchev–Trinajstić information content (AvgIpc) is 3.58. The number of anilines is 3. The van der Waals surface area contributed by atoms with Gasteiger partial charge in [0.25, 0.3) is 0 Å². The summed E-state index contributed by atoms with van der Waals surface area (Å²) in [5.41, 5.74) is 13.0. The Bertz CT molecular complexity index is 2400. The minimum Gasteiger partial charge on any atom is -0.310 e. The number of para-hydroxylation sites is 1. The molecule has 0 saturated carbocycles. The number of imidazole rings is 1. The van der Waals surface area contributed by atoms with Crippen LogP contribution in [0.4, 0.5) is 17.1 Å². The average molecular weight is 648 g/mol. The molecular weight excluding hydrogens is 611 g/mol. The molecule has 0 amide bonds. The molecule has 0 fully saturated rings. The predicted molar refractivity (Wildman–Crippen MR) is 206 cm³/mol. The van der Waals surface area contributed by atoms with Crippen LogP contribution in [0.2, 0.25) is 0 Å². The molecule has 0 bridgehead atoms. The summed E-state index contributed by atoms with van der Waals surface area (Å²) in [6.45, 7) is 4.41. The fourth-order valence-electron chi connectivity index (χ4n) is 6.79. The molecular formula is C45H37N5. The molecule has 8 rings (SSSR count). The zero-order chi connectivity index (χ0) is 33.9. The molecule has 3 heterocycles. The van der Waals surface area contributed by atoms with Crippen molar-refractivity contribution in [3.63, 3.8) is 0 Å². The van der Waals surface area contributed by atoms with Crippen molar-refractivity contribution in [2.75, 3.05) is 4.90 Å². The van der Waals surface area contributed by atoms with Gasteiger partial charge in [-0.05, 0) is 84.1 Å². The molecule has 0 aliphatic heterocycles. The summed E-state index contributed by atoms with van der Waals surface area (Å²) in [5.74, 6) is 1.67. The molecule has 0 radical (unpaired) electrons. The Balaban J connectivity index is 1.36. The van der Waals surface area contributed by atoms with Crippen LogP contribution in [0.5, 0.6) is 0 Å². The first-order valence-corrected chi connectivity index (χ1v) is 17.2. The molecule has 0 spiro atoms. The lowest BCUT2D eigenvalue weighted by Crippen LogP contribution is -2.11. The van der Waals surface area contributed by atoms with Crippen molar-refractivity contribution in [1.29, 1.82) is 0 Å². The number of rotatable bonds is 9. The zero-order valence-corrected chi connectivity index (χ0v) is 28.2. The minimum atomic E-state index is 0.817. The predicted octanol–water partition coefficient (Wildman–Crippen LogP) is 11.4. The van der Waals surface area contributed by atoms with Crippen LogP contribution in [0.3, 0.4) is 0 Å². The highest BCUT2D eigenvalue weighted by molar-refractivity contribution is 5.93. The number of nitrogens with zero attached hydrogens (tertiary/aromatic N) is 5. The SMILES string of the molecule is CCc1cnc(-c2cccc(N(c3ccc4nc(-c5ccccc5)n(-c5ccccn5)c4c3)c3ccccc3-c3ccccc3)c2)cc1CC. The number of hydrogen-bond acceptors (Lipinski definition) is 4. The van der Waals surface area contributed by atoms with Crippen LogP contribution < -0.4 is 4.90 Å². The van der Waals surface area contributed by atoms with Gasteiger partial charge in [0.05, 0.1) is 22.4 Å². The van der Waals surface area contributed by atoms with Crippen LogP contribution >= 0.6 is 0 Å². The molecule has 0 unspecified atom stereocenters. The van der Waals surface area contributed by atoms with Gasteiger partial charge < -0.3 is 4.90 Å². The van der Waals surface area contributed by atoms with E-state index >= 15 is 0 Å². The van der Waals surface area contributed by atoms with Gasteiger partial charge in [0.1, 0.15) is 11.6 Å². The Morgan fingerprint density at radius 1 is 0.560 bits per heavy atom. The zero-order valence-electron chi connectivity index (χ0n) is 28.2. The third-order valence-corrected chi connectivity index (χ3v) is 9.28. The molecule has 5 heteroatoms. The Morgan fingerprint density at radius 3 is 2.02 bits per heavy atom. The van der Waals surface area contributed by atoms with Gasteiger partial charge in [0, 0.05) is 40.5 Å². The number of hydrogen-bond donors (Lipinski definition) is 0. The largest absolute Gasteiger partial charge is 0.310 e. The van der Waals surface area contributed by atoms with Gasteiger partial charge >= 0.3 is 0 Å². The maximum absolute atomic E-state index is 5.15. The second-order valence-corrected chi connectivity index (χ2v) is 12.3. The highest BCUT2D eigenvalue weighted by Gasteiger charge is 2.21. The maximum atomic E-state index is 5.15. The number of benzene rings is 5. The lowest BCUT2D eigenvalue weighted by atomic mass is 10.00. The molecule has 242 valence electrons. The molecule has 5 aromatic carbocycles. The van der Waals surface area contributed by atoms with Gasteiger partial charge in [-0.15, -0.1) is 0 Å². The van der Waals surface area contributed by atoms with E-state index in [1.54, 1.807) is 0 Å². The van der Waals surface area contributed by atoms with Crippen LogP contribution in [-0.2, 0) is 12.8 Å². The van der Waals surface area contributed by atoms with Crippen molar-refractivity contribution in [3.05, 3.63) is 175 Å². The molecule has 8 aromatic rings. The number of pyridine rings is 2. The standard InChI is InChI=1S/C45H37N5/c1-3-32-29-41(47-31-33(32)4-2)36-20-15-21-37(28-36)49(42-23-12-11-22-39(42)34-16-7-5-8-17-34)38-25-26-40-43(30-38)50(44-24-13-14-27-46-44)45(48-40)35-18-9-6-10-19-35/h5-31H,3-4H2,1-2H3. The summed E-state index contributed by atoms with van der Waals surface area (Å²) in [6.07, 6.45) is 5.83. The van der Waals surface area contributed by atoms with Crippen LogP contribution in [-0.4, -0.2) is 19.5 Å². The second kappa shape index (κ2) is 13.7. The third kappa shape index (κ3) is 5.84. The molecule has 50 heavy (non-hydrogen) atoms. The first-order chi connectivity index (χ1) is 24.7. The summed E-state index contributed by atoms with van der Waals surface area (Å²) < 4.78 is 2.16. The molecule has 3 aromatic heterocycles. The van der Waals surface area contributed by atoms with Gasteiger partial charge in [-0.1, -0.05) is 111 Å². The fourth-order valence-corrected chi connectivity index (χ4v) is 6.79. The normalized spacial score (nSPS) is 11.2. The lowest BCUT2D eigenvalue weighted by molar-refractivity contribution is 1.01. The Labute approximate surface area is 293 Å². The highest BCUT2D eigenvalue weighted by Crippen LogP contribution is 2.43. The van der Waals surface area contributed by atoms with E-state index < -0.39 is 0 Å². The van der Waals surface area contributed by atoms with Crippen molar-refractivity contribution < 1.29 is 0 Å². The molecule has 0 atom stereocenters. The molecule has 0 aliphatic carbocycles. The Kier molecular flexibility index (Phi) is 8.46. The quantitative estimate of drug-likeness (QED) is 0.156. The van der Waals surface area contributed by atoms with E-state index in [0.717, 1.165) is 80.5 Å². The topological polar surface area (TPSA) is 46.8 Å². The first-order valence-electron chi connectivity index (χ1n) is 17.2. The van der Waals surface area contributed by atoms with Crippen LogP contribution in [0.15, 0.2) is 164 Å². The van der Waals surface area contributed by atoms with E-state index in [1.165, 1.54) is 11.1 Å². The third-order valence-electron chi connectivity index (χ3n) is 9.28. The van der Waals surface area contributed by atoms with Crippen molar-refractivity contribution in [2.24, 2.45) is 0 Å². The van der Waals surface area contributed by atoms with Crippen molar-refractivity contribution in [2.45, 2.75) is 26.7 Å². The fraction of sp³-hybridized carbons (Fsp3) is 0.0889. The second-order valence-electron chi connectivity index (χ2n) is 12.3. The van der Waals surface area contributed by atoms with Gasteiger partial charge in [-0.2, -0.15) is 0 Å². The lowest BCUT2D eigenvalue weighted by Gasteiger charge is -2.28. The number of aromatic nitrogens is 4. The van der Waals surface area contributed by atoms with E-state index in [2.05, 4.69) is 139 Å². The Hall–Kier alpha value is -6.33. The molecule has 0 N–H and O–H groups in total. The van der Waals surface area contributed by atoms with Gasteiger partial charge in [-0.25, -0.2) is 9.97 Å².